The normalized spacial score (nSPS) is 11.9. The van der Waals surface area contributed by atoms with Crippen LogP contribution < -0.4 is 16.0 Å². The predicted octanol–water partition coefficient (Wildman–Crippen LogP) is 3.29. The van der Waals surface area contributed by atoms with E-state index >= 15 is 0 Å². The number of hydrogen-bond acceptors (Lipinski definition) is 5. The SMILES string of the molecule is N[C@@H](C(=O)NCCN(C(=O)C(Cl)Cl)c1cccc(-c2ccno2)c1)c1ccccc1. The van der Waals surface area contributed by atoms with E-state index in [1.54, 1.807) is 36.4 Å². The maximum Gasteiger partial charge on any atom is 0.260 e. The lowest BCUT2D eigenvalue weighted by atomic mass is 10.1. The molecule has 0 radical (unpaired) electrons. The summed E-state index contributed by atoms with van der Waals surface area (Å²) in [5.41, 5.74) is 7.99. The summed E-state index contributed by atoms with van der Waals surface area (Å²) in [5, 5.41) is 6.43. The maximum atomic E-state index is 12.6. The highest BCUT2D eigenvalue weighted by atomic mass is 35.5. The van der Waals surface area contributed by atoms with E-state index < -0.39 is 16.8 Å². The van der Waals surface area contributed by atoms with Crippen molar-refractivity contribution < 1.29 is 14.1 Å². The molecule has 1 aromatic heterocycles. The van der Waals surface area contributed by atoms with E-state index in [9.17, 15) is 9.59 Å². The van der Waals surface area contributed by atoms with Crippen molar-refractivity contribution in [3.05, 3.63) is 72.4 Å². The molecule has 2 aromatic carbocycles. The molecular formula is C21H20Cl2N4O3. The summed E-state index contributed by atoms with van der Waals surface area (Å²) >= 11 is 11.6. The van der Waals surface area contributed by atoms with E-state index in [4.69, 9.17) is 33.5 Å². The van der Waals surface area contributed by atoms with Crippen molar-refractivity contribution in [2.75, 3.05) is 18.0 Å². The van der Waals surface area contributed by atoms with Crippen LogP contribution in [0.3, 0.4) is 0 Å². The van der Waals surface area contributed by atoms with Gasteiger partial charge in [0, 0.05) is 30.4 Å². The van der Waals surface area contributed by atoms with E-state index in [1.807, 2.05) is 24.3 Å². The molecule has 0 unspecified atom stereocenters. The van der Waals surface area contributed by atoms with E-state index in [1.165, 1.54) is 11.1 Å². The van der Waals surface area contributed by atoms with Crippen molar-refractivity contribution in [3.63, 3.8) is 0 Å². The van der Waals surface area contributed by atoms with Crippen LogP contribution in [0.2, 0.25) is 0 Å². The number of alkyl halides is 2. The van der Waals surface area contributed by atoms with Crippen molar-refractivity contribution in [2.24, 2.45) is 5.73 Å². The quantitative estimate of drug-likeness (QED) is 0.516. The molecule has 0 aliphatic rings. The van der Waals surface area contributed by atoms with Crippen LogP contribution in [0.4, 0.5) is 5.69 Å². The van der Waals surface area contributed by atoms with Crippen LogP contribution >= 0.6 is 23.2 Å². The van der Waals surface area contributed by atoms with Gasteiger partial charge in [-0.1, -0.05) is 70.8 Å². The monoisotopic (exact) mass is 446 g/mol. The summed E-state index contributed by atoms with van der Waals surface area (Å²) < 4.78 is 5.17. The second kappa shape index (κ2) is 10.2. The van der Waals surface area contributed by atoms with Crippen molar-refractivity contribution >= 4 is 40.7 Å². The van der Waals surface area contributed by atoms with Crippen LogP contribution in [0.15, 0.2) is 71.4 Å². The summed E-state index contributed by atoms with van der Waals surface area (Å²) in [6, 6.07) is 17.0. The lowest BCUT2D eigenvalue weighted by Crippen LogP contribution is -2.43. The number of nitrogens with one attached hydrogen (secondary N) is 1. The predicted molar refractivity (Wildman–Crippen MR) is 116 cm³/mol. The van der Waals surface area contributed by atoms with Crippen molar-refractivity contribution in [1.29, 1.82) is 0 Å². The number of benzene rings is 2. The number of rotatable bonds is 8. The molecule has 1 atom stereocenters. The van der Waals surface area contributed by atoms with E-state index in [-0.39, 0.29) is 19.0 Å². The number of aromatic nitrogens is 1. The van der Waals surface area contributed by atoms with Crippen molar-refractivity contribution in [1.82, 2.24) is 10.5 Å². The molecule has 156 valence electrons. The average Bonchev–Trinajstić information content (AvgIpc) is 3.31. The van der Waals surface area contributed by atoms with Crippen LogP contribution in [0.5, 0.6) is 0 Å². The molecule has 2 amide bonds. The van der Waals surface area contributed by atoms with E-state index in [0.29, 0.717) is 17.0 Å². The molecule has 7 nitrogen and oxygen atoms in total. The summed E-state index contributed by atoms with van der Waals surface area (Å²) in [7, 11) is 0. The number of amides is 2. The first-order valence-corrected chi connectivity index (χ1v) is 10.0. The van der Waals surface area contributed by atoms with Gasteiger partial charge in [-0.15, -0.1) is 0 Å². The van der Waals surface area contributed by atoms with Gasteiger partial charge in [-0.2, -0.15) is 0 Å². The zero-order chi connectivity index (χ0) is 21.5. The number of carbonyl (C=O) groups excluding carboxylic acids is 2. The van der Waals surface area contributed by atoms with Crippen molar-refractivity contribution in [3.8, 4) is 11.3 Å². The molecule has 0 bridgehead atoms. The van der Waals surface area contributed by atoms with Gasteiger partial charge in [0.1, 0.15) is 6.04 Å². The Morgan fingerprint density at radius 1 is 1.10 bits per heavy atom. The summed E-state index contributed by atoms with van der Waals surface area (Å²) in [6.07, 6.45) is 1.53. The molecule has 9 heteroatoms. The van der Waals surface area contributed by atoms with Gasteiger partial charge in [0.15, 0.2) is 10.6 Å². The first-order valence-electron chi connectivity index (χ1n) is 9.16. The van der Waals surface area contributed by atoms with Crippen LogP contribution in [0.25, 0.3) is 11.3 Å². The number of nitrogens with two attached hydrogens (primary N) is 1. The average molecular weight is 447 g/mol. The lowest BCUT2D eigenvalue weighted by molar-refractivity contribution is -0.122. The molecule has 0 aliphatic heterocycles. The fourth-order valence-electron chi connectivity index (χ4n) is 2.89. The maximum absolute atomic E-state index is 12.6. The van der Waals surface area contributed by atoms with Gasteiger partial charge < -0.3 is 20.5 Å². The molecule has 0 saturated carbocycles. The molecule has 0 spiro atoms. The highest BCUT2D eigenvalue weighted by molar-refractivity contribution is 6.54. The number of hydrogen-bond donors (Lipinski definition) is 2. The summed E-state index contributed by atoms with van der Waals surface area (Å²) in [6.45, 7) is 0.319. The van der Waals surface area contributed by atoms with Crippen molar-refractivity contribution in [2.45, 2.75) is 10.9 Å². The Kier molecular flexibility index (Phi) is 7.46. The molecule has 0 saturated heterocycles. The van der Waals surface area contributed by atoms with Crippen LogP contribution in [-0.4, -0.2) is 34.9 Å². The molecule has 0 fully saturated rings. The first-order chi connectivity index (χ1) is 14.5. The molecule has 1 heterocycles. The second-order valence-corrected chi connectivity index (χ2v) is 7.49. The largest absolute Gasteiger partial charge is 0.356 e. The zero-order valence-corrected chi connectivity index (χ0v) is 17.4. The Bertz CT molecular complexity index is 981. The topological polar surface area (TPSA) is 101 Å². The minimum absolute atomic E-state index is 0.155. The smallest absolute Gasteiger partial charge is 0.260 e. The second-order valence-electron chi connectivity index (χ2n) is 6.40. The third kappa shape index (κ3) is 5.38. The Morgan fingerprint density at radius 2 is 1.87 bits per heavy atom. The van der Waals surface area contributed by atoms with Gasteiger partial charge in [0.2, 0.25) is 5.91 Å². The van der Waals surface area contributed by atoms with E-state index in [0.717, 1.165) is 5.56 Å². The zero-order valence-electron chi connectivity index (χ0n) is 15.9. The fourth-order valence-corrected chi connectivity index (χ4v) is 3.12. The van der Waals surface area contributed by atoms with Gasteiger partial charge in [0.25, 0.3) is 5.91 Å². The Morgan fingerprint density at radius 3 is 2.53 bits per heavy atom. The minimum Gasteiger partial charge on any atom is -0.356 e. The van der Waals surface area contributed by atoms with Crippen LogP contribution in [0, 0.1) is 0 Å². The molecular weight excluding hydrogens is 427 g/mol. The third-order valence-electron chi connectivity index (χ3n) is 4.41. The summed E-state index contributed by atoms with van der Waals surface area (Å²) in [5.74, 6) is -0.299. The van der Waals surface area contributed by atoms with Crippen LogP contribution in [-0.2, 0) is 9.59 Å². The van der Waals surface area contributed by atoms with E-state index in [2.05, 4.69) is 10.5 Å². The molecule has 0 aliphatic carbocycles. The van der Waals surface area contributed by atoms with Crippen LogP contribution in [0.1, 0.15) is 11.6 Å². The lowest BCUT2D eigenvalue weighted by Gasteiger charge is -2.24. The minimum atomic E-state index is -1.25. The number of carbonyl (C=O) groups is 2. The molecule has 30 heavy (non-hydrogen) atoms. The molecule has 3 aromatic rings. The highest BCUT2D eigenvalue weighted by Crippen LogP contribution is 2.25. The Balaban J connectivity index is 1.70. The Hall–Kier alpha value is -2.87. The fraction of sp³-hybridized carbons (Fsp3) is 0.190. The summed E-state index contributed by atoms with van der Waals surface area (Å²) in [4.78, 5) is 25.1. The van der Waals surface area contributed by atoms with Gasteiger partial charge in [-0.05, 0) is 17.7 Å². The Labute approximate surface area is 183 Å². The number of halogens is 2. The number of nitrogens with zero attached hydrogens (tertiary/aromatic N) is 2. The first kappa shape index (κ1) is 21.8. The molecule has 3 rings (SSSR count). The molecule has 3 N–H and O–H groups in total. The van der Waals surface area contributed by atoms with Gasteiger partial charge in [-0.25, -0.2) is 0 Å². The highest BCUT2D eigenvalue weighted by Gasteiger charge is 2.23. The number of anilines is 1. The standard InChI is InChI=1S/C21H20Cl2N4O3/c22-19(23)21(29)27(16-8-4-7-15(13-16)17-9-10-26-30-17)12-11-25-20(28)18(24)14-5-2-1-3-6-14/h1-10,13,18-19H,11-12,24H2,(H,25,28)/t18-/m1/s1. The van der Waals surface area contributed by atoms with Gasteiger partial charge in [0.05, 0.1) is 6.20 Å². The van der Waals surface area contributed by atoms with Gasteiger partial charge in [-0.3, -0.25) is 9.59 Å². The van der Waals surface area contributed by atoms with Gasteiger partial charge >= 0.3 is 0 Å². The third-order valence-corrected chi connectivity index (χ3v) is 4.78.